The molecular weight excluding hydrogens is 478 g/mol. The van der Waals surface area contributed by atoms with Gasteiger partial charge in [-0.15, -0.1) is 0 Å². The topological polar surface area (TPSA) is 88.8 Å². The molecule has 0 atom stereocenters. The summed E-state index contributed by atoms with van der Waals surface area (Å²) in [6.07, 6.45) is 0.587. The first-order valence-corrected chi connectivity index (χ1v) is 12.8. The van der Waals surface area contributed by atoms with Crippen LogP contribution in [0.3, 0.4) is 0 Å². The third-order valence-electron chi connectivity index (χ3n) is 7.30. The summed E-state index contributed by atoms with van der Waals surface area (Å²) in [4.78, 5) is 23.6. The number of alkyl carbamates (subject to hydrolysis) is 1. The van der Waals surface area contributed by atoms with Crippen molar-refractivity contribution < 1.29 is 23.8 Å². The van der Waals surface area contributed by atoms with Crippen LogP contribution in [0.25, 0.3) is 33.1 Å². The summed E-state index contributed by atoms with van der Waals surface area (Å²) in [5, 5.41) is 13.9. The maximum atomic E-state index is 12.6. The molecule has 0 aliphatic heterocycles. The van der Waals surface area contributed by atoms with Crippen LogP contribution in [-0.2, 0) is 22.4 Å². The number of nitrogens with one attached hydrogen (secondary N) is 1. The van der Waals surface area contributed by atoms with Gasteiger partial charge in [-0.2, -0.15) is 0 Å². The van der Waals surface area contributed by atoms with Gasteiger partial charge in [0.1, 0.15) is 17.8 Å². The lowest BCUT2D eigenvalue weighted by atomic mass is 9.98. The molecule has 0 fully saturated rings. The van der Waals surface area contributed by atoms with E-state index in [1.54, 1.807) is 0 Å². The molecule has 1 aliphatic rings. The van der Waals surface area contributed by atoms with Crippen LogP contribution in [0.2, 0.25) is 0 Å². The number of para-hydroxylation sites is 2. The van der Waals surface area contributed by atoms with Gasteiger partial charge in [-0.3, -0.25) is 4.79 Å². The van der Waals surface area contributed by atoms with Crippen molar-refractivity contribution in [3.63, 3.8) is 0 Å². The lowest BCUT2D eigenvalue weighted by Crippen LogP contribution is -2.28. The van der Waals surface area contributed by atoms with E-state index in [1.165, 1.54) is 22.3 Å². The Hall–Kier alpha value is -4.58. The number of furan rings is 1. The number of hydrogen-bond acceptors (Lipinski definition) is 4. The first-order valence-electron chi connectivity index (χ1n) is 12.8. The van der Waals surface area contributed by atoms with E-state index in [0.717, 1.165) is 33.1 Å². The molecule has 0 radical (unpaired) electrons. The second-order valence-electron chi connectivity index (χ2n) is 9.59. The fourth-order valence-electron chi connectivity index (χ4n) is 5.52. The van der Waals surface area contributed by atoms with Crippen molar-refractivity contribution >= 4 is 34.0 Å². The highest BCUT2D eigenvalue weighted by Gasteiger charge is 2.29. The summed E-state index contributed by atoms with van der Waals surface area (Å²) < 4.78 is 11.9. The zero-order valence-electron chi connectivity index (χ0n) is 20.8. The second kappa shape index (κ2) is 10.1. The molecule has 38 heavy (non-hydrogen) atoms. The predicted molar refractivity (Wildman–Crippen MR) is 146 cm³/mol. The smallest absolute Gasteiger partial charge is 0.407 e. The number of ether oxygens (including phenoxy) is 1. The molecule has 6 nitrogen and oxygen atoms in total. The molecule has 2 N–H and O–H groups in total. The van der Waals surface area contributed by atoms with E-state index in [9.17, 15) is 9.59 Å². The monoisotopic (exact) mass is 505 g/mol. The van der Waals surface area contributed by atoms with Crippen molar-refractivity contribution in [2.24, 2.45) is 0 Å². The van der Waals surface area contributed by atoms with Gasteiger partial charge in [0.15, 0.2) is 0 Å². The number of carbonyl (C=O) groups is 2. The second-order valence-corrected chi connectivity index (χ2v) is 9.59. The highest BCUT2D eigenvalue weighted by Crippen LogP contribution is 2.44. The molecule has 6 heteroatoms. The van der Waals surface area contributed by atoms with Crippen molar-refractivity contribution in [1.82, 2.24) is 5.32 Å². The highest BCUT2D eigenvalue weighted by molar-refractivity contribution is 6.06. The molecule has 1 heterocycles. The van der Waals surface area contributed by atoms with Crippen LogP contribution >= 0.6 is 0 Å². The van der Waals surface area contributed by atoms with E-state index >= 15 is 0 Å². The van der Waals surface area contributed by atoms with Gasteiger partial charge in [0.2, 0.25) is 0 Å². The number of hydrogen-bond donors (Lipinski definition) is 2. The zero-order chi connectivity index (χ0) is 26.1. The van der Waals surface area contributed by atoms with Gasteiger partial charge in [-0.05, 0) is 46.2 Å². The molecule has 4 aromatic carbocycles. The number of aliphatic carboxylic acids is 1. The van der Waals surface area contributed by atoms with Gasteiger partial charge < -0.3 is 19.6 Å². The van der Waals surface area contributed by atoms with Crippen LogP contribution in [0, 0.1) is 0 Å². The molecular formula is C32H27NO5. The Bertz CT molecular complexity index is 1620. The van der Waals surface area contributed by atoms with Crippen molar-refractivity contribution in [2.45, 2.75) is 25.2 Å². The van der Waals surface area contributed by atoms with E-state index in [1.807, 2.05) is 60.7 Å². The molecule has 0 unspecified atom stereocenters. The molecule has 1 aromatic heterocycles. The SMILES string of the molecule is O=C(O)CCc1cccc2c1oc1c(CCNC(=O)OCC3c4ccccc4-c4ccccc43)cccc12. The average molecular weight is 506 g/mol. The van der Waals surface area contributed by atoms with Gasteiger partial charge >= 0.3 is 12.1 Å². The van der Waals surface area contributed by atoms with Gasteiger partial charge in [0.25, 0.3) is 0 Å². The number of benzene rings is 4. The summed E-state index contributed by atoms with van der Waals surface area (Å²) in [5.41, 5.74) is 8.09. The fourth-order valence-corrected chi connectivity index (χ4v) is 5.52. The number of rotatable bonds is 8. The summed E-state index contributed by atoms with van der Waals surface area (Å²) in [7, 11) is 0. The molecule has 1 aliphatic carbocycles. The lowest BCUT2D eigenvalue weighted by Gasteiger charge is -2.14. The Morgan fingerprint density at radius 3 is 1.95 bits per heavy atom. The number of carbonyl (C=O) groups excluding carboxylic acids is 1. The molecule has 0 saturated heterocycles. The Labute approximate surface area is 219 Å². The molecule has 1 amide bonds. The third-order valence-corrected chi connectivity index (χ3v) is 7.30. The normalized spacial score (nSPS) is 12.4. The van der Waals surface area contributed by atoms with Crippen LogP contribution in [0.5, 0.6) is 0 Å². The number of carboxylic acid groups (broad SMARTS) is 1. The van der Waals surface area contributed by atoms with Gasteiger partial charge in [-0.1, -0.05) is 84.9 Å². The van der Waals surface area contributed by atoms with Gasteiger partial charge in [0, 0.05) is 29.7 Å². The van der Waals surface area contributed by atoms with Crippen LogP contribution in [-0.4, -0.2) is 30.3 Å². The van der Waals surface area contributed by atoms with Crippen LogP contribution in [0.1, 0.15) is 34.6 Å². The number of amides is 1. The Morgan fingerprint density at radius 1 is 0.763 bits per heavy atom. The maximum Gasteiger partial charge on any atom is 0.407 e. The molecule has 0 spiro atoms. The highest BCUT2D eigenvalue weighted by atomic mass is 16.5. The van der Waals surface area contributed by atoms with E-state index in [2.05, 4.69) is 29.6 Å². The van der Waals surface area contributed by atoms with E-state index < -0.39 is 12.1 Å². The first-order chi connectivity index (χ1) is 18.6. The largest absolute Gasteiger partial charge is 0.481 e. The van der Waals surface area contributed by atoms with Crippen LogP contribution < -0.4 is 5.32 Å². The van der Waals surface area contributed by atoms with E-state index in [-0.39, 0.29) is 18.9 Å². The number of fused-ring (bicyclic) bond motifs is 6. The summed E-state index contributed by atoms with van der Waals surface area (Å²) in [6, 6.07) is 28.3. The minimum Gasteiger partial charge on any atom is -0.481 e. The molecule has 0 saturated carbocycles. The summed E-state index contributed by atoms with van der Waals surface area (Å²) in [6.45, 7) is 0.677. The van der Waals surface area contributed by atoms with Gasteiger partial charge in [0.05, 0.1) is 0 Å². The van der Waals surface area contributed by atoms with Crippen molar-refractivity contribution in [1.29, 1.82) is 0 Å². The quantitative estimate of drug-likeness (QED) is 0.245. The van der Waals surface area contributed by atoms with Crippen molar-refractivity contribution in [3.8, 4) is 11.1 Å². The third kappa shape index (κ3) is 4.39. The fraction of sp³-hybridized carbons (Fsp3) is 0.188. The first kappa shape index (κ1) is 23.8. The standard InChI is InChI=1S/C32H27NO5/c34-29(35)16-15-20-7-5-13-26-27-14-6-8-21(31(27)38-30(20)26)17-18-33-32(36)37-19-28-24-11-3-1-9-22(24)23-10-2-4-12-25(23)28/h1-14,28H,15-19H2,(H,33,36)(H,34,35). The summed E-state index contributed by atoms with van der Waals surface area (Å²) >= 11 is 0. The molecule has 6 rings (SSSR count). The minimum absolute atomic E-state index is 0.0211. The number of carboxylic acids is 1. The average Bonchev–Trinajstić information content (AvgIpc) is 3.47. The van der Waals surface area contributed by atoms with E-state index in [4.69, 9.17) is 14.3 Å². The molecule has 190 valence electrons. The number of aryl methyl sites for hydroxylation is 1. The van der Waals surface area contributed by atoms with Crippen LogP contribution in [0.4, 0.5) is 4.79 Å². The van der Waals surface area contributed by atoms with Crippen LogP contribution in [0.15, 0.2) is 89.3 Å². The Morgan fingerprint density at radius 2 is 1.34 bits per heavy atom. The lowest BCUT2D eigenvalue weighted by molar-refractivity contribution is -0.136. The van der Waals surface area contributed by atoms with Gasteiger partial charge in [-0.25, -0.2) is 4.79 Å². The zero-order valence-corrected chi connectivity index (χ0v) is 20.8. The minimum atomic E-state index is -0.835. The van der Waals surface area contributed by atoms with Crippen molar-refractivity contribution in [3.05, 3.63) is 107 Å². The van der Waals surface area contributed by atoms with Crippen molar-refractivity contribution in [2.75, 3.05) is 13.2 Å². The Balaban J connectivity index is 1.12. The van der Waals surface area contributed by atoms with E-state index in [0.29, 0.717) is 19.4 Å². The predicted octanol–water partition coefficient (Wildman–Crippen LogP) is 6.68. The Kier molecular flexibility index (Phi) is 6.30. The molecule has 0 bridgehead atoms. The summed E-state index contributed by atoms with van der Waals surface area (Å²) in [5.74, 6) is -0.814. The maximum absolute atomic E-state index is 12.6. The molecule has 5 aromatic rings.